The van der Waals surface area contributed by atoms with Crippen LogP contribution in [-0.2, 0) is 11.2 Å². The maximum atomic E-state index is 13.7. The Morgan fingerprint density at radius 2 is 1.74 bits per heavy atom. The number of benzene rings is 2. The maximum absolute atomic E-state index is 13.7. The Morgan fingerprint density at radius 3 is 2.33 bits per heavy atom. The Bertz CT molecular complexity index is 909. The van der Waals surface area contributed by atoms with Crippen molar-refractivity contribution in [3.63, 3.8) is 0 Å². The summed E-state index contributed by atoms with van der Waals surface area (Å²) in [4.78, 5) is 16.2. The van der Waals surface area contributed by atoms with E-state index in [1.807, 2.05) is 12.1 Å². The number of amides is 1. The van der Waals surface area contributed by atoms with Gasteiger partial charge in [-0.15, -0.1) is 0 Å². The number of aromatic nitrogens is 1. The van der Waals surface area contributed by atoms with E-state index in [1.54, 1.807) is 31.4 Å². The standard InChI is InChI=1S/C20H17F2N3O2/c1-27-15-8-5-13(6-9-15)11-19(26)25-18-10-7-14(12-23-18)24-20-16(21)3-2-4-17(20)22/h2-10,12,24H,11H2,1H3,(H,23,25,26). The van der Waals surface area contributed by atoms with Gasteiger partial charge in [-0.3, -0.25) is 4.79 Å². The molecule has 3 rings (SSSR count). The lowest BCUT2D eigenvalue weighted by Gasteiger charge is -2.09. The molecule has 0 bridgehead atoms. The fraction of sp³-hybridized carbons (Fsp3) is 0.100. The summed E-state index contributed by atoms with van der Waals surface area (Å²) in [6.45, 7) is 0. The van der Waals surface area contributed by atoms with E-state index in [0.29, 0.717) is 11.5 Å². The molecule has 0 fully saturated rings. The van der Waals surface area contributed by atoms with Crippen LogP contribution in [0.5, 0.6) is 5.75 Å². The number of anilines is 3. The number of carbonyl (C=O) groups excluding carboxylic acids is 1. The minimum atomic E-state index is -0.702. The van der Waals surface area contributed by atoms with Crippen molar-refractivity contribution in [1.82, 2.24) is 4.98 Å². The molecule has 0 aliphatic heterocycles. The van der Waals surface area contributed by atoms with Crippen molar-refractivity contribution in [3.8, 4) is 5.75 Å². The lowest BCUT2D eigenvalue weighted by molar-refractivity contribution is -0.115. The molecular formula is C20H17F2N3O2. The van der Waals surface area contributed by atoms with Crippen molar-refractivity contribution in [2.24, 2.45) is 0 Å². The Kier molecular flexibility index (Phi) is 5.61. The summed E-state index contributed by atoms with van der Waals surface area (Å²) in [5, 5.41) is 5.31. The van der Waals surface area contributed by atoms with Gasteiger partial charge < -0.3 is 15.4 Å². The summed E-state index contributed by atoms with van der Waals surface area (Å²) in [7, 11) is 1.58. The topological polar surface area (TPSA) is 63.2 Å². The summed E-state index contributed by atoms with van der Waals surface area (Å²) < 4.78 is 32.4. The van der Waals surface area contributed by atoms with Crippen LogP contribution in [0.1, 0.15) is 5.56 Å². The smallest absolute Gasteiger partial charge is 0.229 e. The third-order valence-electron chi connectivity index (χ3n) is 3.79. The molecule has 27 heavy (non-hydrogen) atoms. The number of carbonyl (C=O) groups is 1. The zero-order chi connectivity index (χ0) is 19.2. The highest BCUT2D eigenvalue weighted by Gasteiger charge is 2.09. The van der Waals surface area contributed by atoms with E-state index in [1.165, 1.54) is 12.3 Å². The second-order valence-corrected chi connectivity index (χ2v) is 5.73. The van der Waals surface area contributed by atoms with E-state index < -0.39 is 11.6 Å². The fourth-order valence-electron chi connectivity index (χ4n) is 2.42. The average molecular weight is 369 g/mol. The molecule has 0 saturated carbocycles. The van der Waals surface area contributed by atoms with Crippen molar-refractivity contribution in [2.75, 3.05) is 17.7 Å². The number of ether oxygens (including phenoxy) is 1. The second-order valence-electron chi connectivity index (χ2n) is 5.73. The maximum Gasteiger partial charge on any atom is 0.229 e. The first-order chi connectivity index (χ1) is 13.0. The molecule has 0 radical (unpaired) electrons. The predicted octanol–water partition coefficient (Wildman–Crippen LogP) is 4.29. The summed E-state index contributed by atoms with van der Waals surface area (Å²) in [6, 6.07) is 13.9. The van der Waals surface area contributed by atoms with Gasteiger partial charge in [0.2, 0.25) is 5.91 Å². The van der Waals surface area contributed by atoms with E-state index in [9.17, 15) is 13.6 Å². The van der Waals surface area contributed by atoms with Crippen LogP contribution in [0.15, 0.2) is 60.8 Å². The highest BCUT2D eigenvalue weighted by Crippen LogP contribution is 2.23. The van der Waals surface area contributed by atoms with E-state index >= 15 is 0 Å². The van der Waals surface area contributed by atoms with Gasteiger partial charge in [0.25, 0.3) is 0 Å². The lowest BCUT2D eigenvalue weighted by atomic mass is 10.1. The van der Waals surface area contributed by atoms with Crippen LogP contribution in [-0.4, -0.2) is 18.0 Å². The average Bonchev–Trinajstić information content (AvgIpc) is 2.67. The molecule has 1 amide bonds. The molecule has 7 heteroatoms. The van der Waals surface area contributed by atoms with Crippen LogP contribution < -0.4 is 15.4 Å². The van der Waals surface area contributed by atoms with Gasteiger partial charge in [0, 0.05) is 0 Å². The van der Waals surface area contributed by atoms with Crippen LogP contribution in [0.25, 0.3) is 0 Å². The quantitative estimate of drug-likeness (QED) is 0.680. The molecule has 2 N–H and O–H groups in total. The molecule has 1 aromatic heterocycles. The predicted molar refractivity (Wildman–Crippen MR) is 99.2 cm³/mol. The second kappa shape index (κ2) is 8.27. The van der Waals surface area contributed by atoms with Crippen molar-refractivity contribution in [1.29, 1.82) is 0 Å². The molecule has 3 aromatic rings. The van der Waals surface area contributed by atoms with Crippen LogP contribution in [0.4, 0.5) is 26.0 Å². The Morgan fingerprint density at radius 1 is 1.04 bits per heavy atom. The van der Waals surface area contributed by atoms with E-state index in [2.05, 4.69) is 15.6 Å². The molecule has 0 aliphatic carbocycles. The number of para-hydroxylation sites is 1. The molecule has 0 atom stereocenters. The fourth-order valence-corrected chi connectivity index (χ4v) is 2.42. The summed E-state index contributed by atoms with van der Waals surface area (Å²) in [6.07, 6.45) is 1.57. The number of hydrogen-bond donors (Lipinski definition) is 2. The van der Waals surface area contributed by atoms with Crippen molar-refractivity contribution >= 4 is 23.1 Å². The van der Waals surface area contributed by atoms with Crippen molar-refractivity contribution in [3.05, 3.63) is 78.0 Å². The largest absolute Gasteiger partial charge is 0.497 e. The lowest BCUT2D eigenvalue weighted by Crippen LogP contribution is -2.15. The normalized spacial score (nSPS) is 10.3. The van der Waals surface area contributed by atoms with Crippen molar-refractivity contribution < 1.29 is 18.3 Å². The number of hydrogen-bond acceptors (Lipinski definition) is 4. The van der Waals surface area contributed by atoms with E-state index in [0.717, 1.165) is 23.4 Å². The van der Waals surface area contributed by atoms with Gasteiger partial charge in [-0.25, -0.2) is 13.8 Å². The number of nitrogens with zero attached hydrogens (tertiary/aromatic N) is 1. The van der Waals surface area contributed by atoms with Gasteiger partial charge in [-0.2, -0.15) is 0 Å². The third-order valence-corrected chi connectivity index (χ3v) is 3.79. The number of rotatable bonds is 6. The Balaban J connectivity index is 1.60. The zero-order valence-electron chi connectivity index (χ0n) is 14.5. The number of methoxy groups -OCH3 is 1. The molecular weight excluding hydrogens is 352 g/mol. The molecule has 0 saturated heterocycles. The number of halogens is 2. The van der Waals surface area contributed by atoms with Gasteiger partial charge in [-0.05, 0) is 42.0 Å². The molecule has 5 nitrogen and oxygen atoms in total. The Hall–Kier alpha value is -3.48. The SMILES string of the molecule is COc1ccc(CC(=O)Nc2ccc(Nc3c(F)cccc3F)cn2)cc1. The molecule has 0 aliphatic rings. The molecule has 2 aromatic carbocycles. The monoisotopic (exact) mass is 369 g/mol. The van der Waals surface area contributed by atoms with Gasteiger partial charge in [0.05, 0.1) is 25.4 Å². The summed E-state index contributed by atoms with van der Waals surface area (Å²) >= 11 is 0. The van der Waals surface area contributed by atoms with Gasteiger partial charge >= 0.3 is 0 Å². The van der Waals surface area contributed by atoms with Gasteiger partial charge in [0.15, 0.2) is 0 Å². The first-order valence-electron chi connectivity index (χ1n) is 8.15. The number of nitrogens with one attached hydrogen (secondary N) is 2. The molecule has 138 valence electrons. The van der Waals surface area contributed by atoms with Crippen LogP contribution in [0.2, 0.25) is 0 Å². The first kappa shape index (κ1) is 18.3. The minimum Gasteiger partial charge on any atom is -0.497 e. The van der Waals surface area contributed by atoms with Crippen LogP contribution in [0, 0.1) is 11.6 Å². The minimum absolute atomic E-state index is 0.187. The number of pyridine rings is 1. The summed E-state index contributed by atoms with van der Waals surface area (Å²) in [5.41, 5.74) is 0.976. The molecule has 0 unspecified atom stereocenters. The molecule has 0 spiro atoms. The summed E-state index contributed by atoms with van der Waals surface area (Å²) in [5.74, 6) is -0.574. The highest BCUT2D eigenvalue weighted by atomic mass is 19.1. The zero-order valence-corrected chi connectivity index (χ0v) is 14.5. The van der Waals surface area contributed by atoms with E-state index in [4.69, 9.17) is 4.74 Å². The first-order valence-corrected chi connectivity index (χ1v) is 8.15. The van der Waals surface area contributed by atoms with Gasteiger partial charge in [0.1, 0.15) is 28.9 Å². The molecule has 1 heterocycles. The van der Waals surface area contributed by atoms with Crippen LogP contribution in [0.3, 0.4) is 0 Å². The van der Waals surface area contributed by atoms with Gasteiger partial charge in [-0.1, -0.05) is 18.2 Å². The highest BCUT2D eigenvalue weighted by molar-refractivity contribution is 5.91. The van der Waals surface area contributed by atoms with Crippen molar-refractivity contribution in [2.45, 2.75) is 6.42 Å². The Labute approximate surface area is 155 Å². The van der Waals surface area contributed by atoms with Crippen LogP contribution >= 0.6 is 0 Å². The van der Waals surface area contributed by atoms with E-state index in [-0.39, 0.29) is 18.0 Å². The third kappa shape index (κ3) is 4.78.